The van der Waals surface area contributed by atoms with Gasteiger partial charge in [0.15, 0.2) is 0 Å². The molecule has 0 saturated carbocycles. The fourth-order valence-electron chi connectivity index (χ4n) is 4.59. The van der Waals surface area contributed by atoms with E-state index in [1.54, 1.807) is 18.7 Å². The number of nitrogens with one attached hydrogen (secondary N) is 1. The molecule has 1 aromatic rings. The van der Waals surface area contributed by atoms with Crippen molar-refractivity contribution in [1.82, 2.24) is 10.2 Å². The van der Waals surface area contributed by atoms with Crippen molar-refractivity contribution >= 4 is 23.6 Å². The first-order chi connectivity index (χ1) is 12.9. The Labute approximate surface area is 162 Å². The van der Waals surface area contributed by atoms with Crippen molar-refractivity contribution in [1.29, 1.82) is 0 Å². The number of hydrogen-bond acceptors (Lipinski definition) is 5. The molecule has 0 radical (unpaired) electrons. The molecule has 144 valence electrons. The summed E-state index contributed by atoms with van der Waals surface area (Å²) in [6.07, 6.45) is 0.146. The number of aliphatic hydroxyl groups excluding tert-OH is 1. The van der Waals surface area contributed by atoms with Gasteiger partial charge in [-0.05, 0) is 18.9 Å². The van der Waals surface area contributed by atoms with E-state index in [-0.39, 0.29) is 34.9 Å². The van der Waals surface area contributed by atoms with Gasteiger partial charge in [-0.25, -0.2) is 4.79 Å². The van der Waals surface area contributed by atoms with Crippen LogP contribution in [-0.2, 0) is 9.59 Å². The lowest BCUT2D eigenvalue weighted by Crippen LogP contribution is -2.63. The van der Waals surface area contributed by atoms with Crippen LogP contribution >= 0.6 is 11.8 Å². The van der Waals surface area contributed by atoms with Gasteiger partial charge in [0, 0.05) is 28.7 Å². The first-order valence-corrected chi connectivity index (χ1v) is 10.2. The first kappa shape index (κ1) is 18.5. The van der Waals surface area contributed by atoms with Crippen molar-refractivity contribution in [3.8, 4) is 0 Å². The maximum atomic E-state index is 12.4. The summed E-state index contributed by atoms with van der Waals surface area (Å²) in [5.41, 5.74) is 1.35. The van der Waals surface area contributed by atoms with Crippen LogP contribution in [0.15, 0.2) is 40.9 Å². The average molecular weight is 388 g/mol. The molecule has 4 rings (SSSR count). The highest BCUT2D eigenvalue weighted by Gasteiger charge is 2.60. The van der Waals surface area contributed by atoms with E-state index in [0.717, 1.165) is 17.9 Å². The number of rotatable bonds is 5. The van der Waals surface area contributed by atoms with Gasteiger partial charge in [-0.15, -0.1) is 11.8 Å². The maximum absolute atomic E-state index is 12.4. The van der Waals surface area contributed by atoms with E-state index in [1.807, 2.05) is 25.1 Å². The number of aliphatic carboxylic acids is 1. The number of carboxylic acid groups (broad SMARTS) is 1. The van der Waals surface area contributed by atoms with E-state index >= 15 is 0 Å². The minimum Gasteiger partial charge on any atom is -0.477 e. The average Bonchev–Trinajstić information content (AvgIpc) is 3.18. The van der Waals surface area contributed by atoms with Crippen molar-refractivity contribution in [2.75, 3.05) is 6.54 Å². The van der Waals surface area contributed by atoms with E-state index in [2.05, 4.69) is 17.4 Å². The first-order valence-electron chi connectivity index (χ1n) is 9.33. The van der Waals surface area contributed by atoms with Crippen molar-refractivity contribution in [3.63, 3.8) is 0 Å². The van der Waals surface area contributed by atoms with E-state index < -0.39 is 18.0 Å². The zero-order valence-electron chi connectivity index (χ0n) is 15.3. The SMILES string of the molecule is C[C@@H](O)[C@H]1C(=O)N2C(C(=O)O)=C(S[C@@H]3CN[C@H](c4ccccc4)C3)[C@H](C)[C@H]12. The van der Waals surface area contributed by atoms with Crippen molar-refractivity contribution in [3.05, 3.63) is 46.5 Å². The molecule has 6 nitrogen and oxygen atoms in total. The molecule has 0 bridgehead atoms. The van der Waals surface area contributed by atoms with Crippen molar-refractivity contribution in [2.45, 2.75) is 43.7 Å². The lowest BCUT2D eigenvalue weighted by atomic mass is 9.79. The Hall–Kier alpha value is -1.83. The van der Waals surface area contributed by atoms with E-state index in [0.29, 0.717) is 0 Å². The highest BCUT2D eigenvalue weighted by atomic mass is 32.2. The van der Waals surface area contributed by atoms with E-state index in [4.69, 9.17) is 0 Å². The number of benzene rings is 1. The fourth-order valence-corrected chi connectivity index (χ4v) is 6.07. The molecular weight excluding hydrogens is 364 g/mol. The molecule has 27 heavy (non-hydrogen) atoms. The number of aliphatic hydroxyl groups is 1. The standard InChI is InChI=1S/C20H24N2O4S/c1-10-16-15(11(2)23)19(24)22(16)17(20(25)26)18(10)27-13-8-14(21-9-13)12-6-4-3-5-7-12/h3-7,10-11,13-16,21,23H,8-9H2,1-2H3,(H,25,26)/t10-,11-,13+,14+,15-,16-/m1/s1. The number of carbonyl (C=O) groups excluding carboxylic acids is 1. The van der Waals surface area contributed by atoms with Crippen LogP contribution in [0.1, 0.15) is 31.9 Å². The number of nitrogens with zero attached hydrogens (tertiary/aromatic N) is 1. The van der Waals surface area contributed by atoms with Gasteiger partial charge >= 0.3 is 5.97 Å². The summed E-state index contributed by atoms with van der Waals surface area (Å²) in [7, 11) is 0. The number of β-lactam (4-membered cyclic amide) rings is 1. The van der Waals surface area contributed by atoms with Crippen molar-refractivity contribution in [2.24, 2.45) is 11.8 Å². The zero-order valence-corrected chi connectivity index (χ0v) is 16.1. The van der Waals surface area contributed by atoms with Crippen LogP contribution in [0.5, 0.6) is 0 Å². The third kappa shape index (κ3) is 2.98. The Morgan fingerprint density at radius 3 is 2.67 bits per heavy atom. The molecule has 3 N–H and O–H groups in total. The lowest BCUT2D eigenvalue weighted by molar-refractivity contribution is -0.163. The van der Waals surface area contributed by atoms with Gasteiger partial charge < -0.3 is 20.4 Å². The van der Waals surface area contributed by atoms with Gasteiger partial charge in [0.1, 0.15) is 5.70 Å². The van der Waals surface area contributed by atoms with Crippen LogP contribution in [0, 0.1) is 11.8 Å². The van der Waals surface area contributed by atoms with Crippen LogP contribution in [0.25, 0.3) is 0 Å². The fraction of sp³-hybridized carbons (Fsp3) is 0.500. The van der Waals surface area contributed by atoms with Gasteiger partial charge in [-0.3, -0.25) is 4.79 Å². The summed E-state index contributed by atoms with van der Waals surface area (Å²) in [5, 5.41) is 23.4. The lowest BCUT2D eigenvalue weighted by Gasteiger charge is -2.46. The molecule has 1 aromatic carbocycles. The van der Waals surface area contributed by atoms with E-state index in [1.165, 1.54) is 10.5 Å². The van der Waals surface area contributed by atoms with Crippen LogP contribution < -0.4 is 5.32 Å². The van der Waals surface area contributed by atoms with Gasteiger partial charge in [0.25, 0.3) is 0 Å². The second kappa shape index (κ2) is 6.96. The predicted molar refractivity (Wildman–Crippen MR) is 103 cm³/mol. The monoisotopic (exact) mass is 388 g/mol. The summed E-state index contributed by atoms with van der Waals surface area (Å²) < 4.78 is 0. The largest absolute Gasteiger partial charge is 0.477 e. The Morgan fingerprint density at radius 1 is 1.33 bits per heavy atom. The molecular formula is C20H24N2O4S. The molecule has 0 spiro atoms. The highest BCUT2D eigenvalue weighted by Crippen LogP contribution is 2.52. The Bertz CT molecular complexity index is 794. The summed E-state index contributed by atoms with van der Waals surface area (Å²) in [5.74, 6) is -1.92. The number of fused-ring (bicyclic) bond motifs is 1. The third-order valence-electron chi connectivity index (χ3n) is 5.90. The molecule has 0 aromatic heterocycles. The molecule has 3 aliphatic rings. The van der Waals surface area contributed by atoms with E-state index in [9.17, 15) is 19.8 Å². The Kier molecular flexibility index (Phi) is 4.78. The number of amides is 1. The summed E-state index contributed by atoms with van der Waals surface area (Å²) in [4.78, 5) is 26.5. The molecule has 2 saturated heterocycles. The van der Waals surface area contributed by atoms with Crippen LogP contribution in [0.2, 0.25) is 0 Å². The quantitative estimate of drug-likeness (QED) is 0.669. The topological polar surface area (TPSA) is 89.9 Å². The summed E-state index contributed by atoms with van der Waals surface area (Å²) in [6, 6.07) is 10.3. The number of hydrogen-bond donors (Lipinski definition) is 3. The third-order valence-corrected chi connectivity index (χ3v) is 7.41. The van der Waals surface area contributed by atoms with Crippen LogP contribution in [0.4, 0.5) is 0 Å². The Morgan fingerprint density at radius 2 is 2.04 bits per heavy atom. The molecule has 2 fully saturated rings. The van der Waals surface area contributed by atoms with Gasteiger partial charge in [0.05, 0.1) is 18.1 Å². The number of thioether (sulfide) groups is 1. The molecule has 6 atom stereocenters. The molecule has 0 unspecified atom stereocenters. The van der Waals surface area contributed by atoms with Gasteiger partial charge in [-0.1, -0.05) is 37.3 Å². The second-order valence-electron chi connectivity index (χ2n) is 7.62. The van der Waals surface area contributed by atoms with Crippen molar-refractivity contribution < 1.29 is 19.8 Å². The number of carbonyl (C=O) groups is 2. The summed E-state index contributed by atoms with van der Waals surface area (Å²) >= 11 is 1.58. The molecule has 1 amide bonds. The second-order valence-corrected chi connectivity index (χ2v) is 8.96. The highest BCUT2D eigenvalue weighted by molar-refractivity contribution is 8.03. The van der Waals surface area contributed by atoms with Gasteiger partial charge in [-0.2, -0.15) is 0 Å². The van der Waals surface area contributed by atoms with Crippen LogP contribution in [0.3, 0.4) is 0 Å². The van der Waals surface area contributed by atoms with Crippen LogP contribution in [-0.4, -0.2) is 50.9 Å². The molecule has 3 aliphatic heterocycles. The summed E-state index contributed by atoms with van der Waals surface area (Å²) in [6.45, 7) is 4.37. The zero-order chi connectivity index (χ0) is 19.3. The predicted octanol–water partition coefficient (Wildman–Crippen LogP) is 1.98. The molecule has 7 heteroatoms. The molecule has 0 aliphatic carbocycles. The number of carboxylic acids is 1. The minimum atomic E-state index is -1.06. The maximum Gasteiger partial charge on any atom is 0.353 e. The Balaban J connectivity index is 1.53. The molecule has 3 heterocycles. The van der Waals surface area contributed by atoms with Gasteiger partial charge in [0.2, 0.25) is 5.91 Å². The minimum absolute atomic E-state index is 0.0748. The smallest absolute Gasteiger partial charge is 0.353 e. The normalized spacial score (nSPS) is 33.8.